The minimum absolute atomic E-state index is 0.0606. The third kappa shape index (κ3) is 7.13. The molecule has 1 saturated carbocycles. The predicted molar refractivity (Wildman–Crippen MR) is 154 cm³/mol. The summed E-state index contributed by atoms with van der Waals surface area (Å²) < 4.78 is 59.8. The van der Waals surface area contributed by atoms with Crippen molar-refractivity contribution in [2.24, 2.45) is 5.92 Å². The number of hydrogen-bond acceptors (Lipinski definition) is 0. The zero-order valence-electron chi connectivity index (χ0n) is 23.5. The van der Waals surface area contributed by atoms with E-state index in [4.69, 9.17) is 0 Å². The summed E-state index contributed by atoms with van der Waals surface area (Å²) in [5.41, 5.74) is 2.21. The number of hydrogen-bond donors (Lipinski definition) is 0. The van der Waals surface area contributed by atoms with Gasteiger partial charge in [-0.15, -0.1) is 0 Å². The van der Waals surface area contributed by atoms with Crippen LogP contribution in [0, 0.1) is 29.2 Å². The molecule has 0 nitrogen and oxygen atoms in total. The third-order valence-corrected chi connectivity index (χ3v) is 8.58. The monoisotopic (exact) mass is 538 g/mol. The Bertz CT molecular complexity index is 1210. The highest BCUT2D eigenvalue weighted by atomic mass is 19.2. The summed E-state index contributed by atoms with van der Waals surface area (Å²) in [4.78, 5) is 0. The van der Waals surface area contributed by atoms with Crippen LogP contribution in [0.3, 0.4) is 0 Å². The molecule has 0 aromatic heterocycles. The molecule has 0 N–H and O–H groups in total. The molecule has 0 bridgehead atoms. The molecule has 0 heterocycles. The van der Waals surface area contributed by atoms with Gasteiger partial charge >= 0.3 is 0 Å². The molecule has 0 saturated heterocycles. The van der Waals surface area contributed by atoms with Crippen LogP contribution in [0.1, 0.15) is 108 Å². The van der Waals surface area contributed by atoms with E-state index in [9.17, 15) is 8.78 Å². The molecular formula is C35H42F4. The van der Waals surface area contributed by atoms with Crippen LogP contribution in [0.5, 0.6) is 0 Å². The lowest BCUT2D eigenvalue weighted by Gasteiger charge is -2.29. The maximum absolute atomic E-state index is 15.3. The van der Waals surface area contributed by atoms with E-state index in [-0.39, 0.29) is 17.0 Å². The third-order valence-electron chi connectivity index (χ3n) is 8.58. The Hall–Kier alpha value is -2.62. The van der Waals surface area contributed by atoms with E-state index in [1.165, 1.54) is 38.5 Å². The Labute approximate surface area is 231 Å². The van der Waals surface area contributed by atoms with E-state index >= 15 is 8.78 Å². The van der Waals surface area contributed by atoms with Crippen molar-refractivity contribution in [2.75, 3.05) is 0 Å². The number of benzene rings is 3. The summed E-state index contributed by atoms with van der Waals surface area (Å²) in [6, 6.07) is 13.2. The van der Waals surface area contributed by atoms with Gasteiger partial charge in [0.2, 0.25) is 0 Å². The molecule has 1 fully saturated rings. The van der Waals surface area contributed by atoms with Crippen LogP contribution < -0.4 is 0 Å². The molecule has 3 aromatic carbocycles. The molecule has 0 spiro atoms. The maximum Gasteiger partial charge on any atom is 0.166 e. The molecule has 4 heteroatoms. The molecule has 1 aliphatic rings. The van der Waals surface area contributed by atoms with Crippen molar-refractivity contribution in [3.05, 3.63) is 82.9 Å². The number of aryl methyl sites for hydroxylation is 1. The summed E-state index contributed by atoms with van der Waals surface area (Å²) in [5.74, 6) is -2.50. The molecule has 210 valence electrons. The Morgan fingerprint density at radius 3 is 1.74 bits per heavy atom. The van der Waals surface area contributed by atoms with Crippen molar-refractivity contribution in [2.45, 2.75) is 103 Å². The van der Waals surface area contributed by atoms with E-state index in [1.807, 2.05) is 6.92 Å². The van der Waals surface area contributed by atoms with Gasteiger partial charge in [-0.3, -0.25) is 0 Å². The van der Waals surface area contributed by atoms with Gasteiger partial charge in [0.25, 0.3) is 0 Å². The Kier molecular flexibility index (Phi) is 10.6. The lowest BCUT2D eigenvalue weighted by atomic mass is 9.76. The molecule has 0 radical (unpaired) electrons. The predicted octanol–water partition coefficient (Wildman–Crippen LogP) is 11.6. The first-order chi connectivity index (χ1) is 18.9. The van der Waals surface area contributed by atoms with Gasteiger partial charge in [0, 0.05) is 11.1 Å². The smallest absolute Gasteiger partial charge is 0.166 e. The summed E-state index contributed by atoms with van der Waals surface area (Å²) in [6.07, 6.45) is 13.9. The van der Waals surface area contributed by atoms with E-state index in [1.54, 1.807) is 48.5 Å². The van der Waals surface area contributed by atoms with E-state index in [0.29, 0.717) is 34.6 Å². The van der Waals surface area contributed by atoms with Crippen LogP contribution in [0.15, 0.2) is 48.5 Å². The fraction of sp³-hybridized carbons (Fsp3) is 0.486. The molecule has 0 amide bonds. The number of unbranched alkanes of at least 4 members (excludes halogenated alkanes) is 5. The van der Waals surface area contributed by atoms with Gasteiger partial charge < -0.3 is 0 Å². The second kappa shape index (κ2) is 14.1. The fourth-order valence-corrected chi connectivity index (χ4v) is 6.10. The Balaban J connectivity index is 1.42. The van der Waals surface area contributed by atoms with Gasteiger partial charge in [-0.05, 0) is 72.6 Å². The molecule has 4 rings (SSSR count). The van der Waals surface area contributed by atoms with Gasteiger partial charge in [0.05, 0.1) is 0 Å². The maximum atomic E-state index is 15.3. The Morgan fingerprint density at radius 2 is 1.13 bits per heavy atom. The van der Waals surface area contributed by atoms with E-state index in [0.717, 1.165) is 38.5 Å². The zero-order valence-corrected chi connectivity index (χ0v) is 23.5. The average molecular weight is 539 g/mol. The molecule has 3 aromatic rings. The van der Waals surface area contributed by atoms with E-state index < -0.39 is 23.3 Å². The second-order valence-electron chi connectivity index (χ2n) is 11.3. The summed E-state index contributed by atoms with van der Waals surface area (Å²) in [7, 11) is 0. The average Bonchev–Trinajstić information content (AvgIpc) is 2.96. The lowest BCUT2D eigenvalue weighted by molar-refractivity contribution is 0.297. The first-order valence-electron chi connectivity index (χ1n) is 15.0. The summed E-state index contributed by atoms with van der Waals surface area (Å²) in [5, 5.41) is 0. The highest BCUT2D eigenvalue weighted by Gasteiger charge is 2.26. The van der Waals surface area contributed by atoms with Crippen LogP contribution in [-0.4, -0.2) is 0 Å². The quantitative estimate of drug-likeness (QED) is 0.159. The fourth-order valence-electron chi connectivity index (χ4n) is 6.10. The van der Waals surface area contributed by atoms with Gasteiger partial charge in [-0.2, -0.15) is 0 Å². The van der Waals surface area contributed by atoms with Crippen LogP contribution in [-0.2, 0) is 6.42 Å². The zero-order chi connectivity index (χ0) is 27.8. The lowest BCUT2D eigenvalue weighted by Crippen LogP contribution is -2.15. The van der Waals surface area contributed by atoms with Gasteiger partial charge in [-0.1, -0.05) is 107 Å². The molecule has 1 aliphatic carbocycles. The van der Waals surface area contributed by atoms with Crippen molar-refractivity contribution < 1.29 is 17.6 Å². The SMILES string of the molecule is CCCCCCCC1CCC(c2ccc(-c3ccc(-c4ccc(CCCC)c(F)c4F)cc3)c(F)c2F)CC1. The first-order valence-corrected chi connectivity index (χ1v) is 15.0. The van der Waals surface area contributed by atoms with Crippen molar-refractivity contribution in [1.82, 2.24) is 0 Å². The normalized spacial score (nSPS) is 17.5. The minimum Gasteiger partial charge on any atom is -0.203 e. The second-order valence-corrected chi connectivity index (χ2v) is 11.3. The van der Waals surface area contributed by atoms with Crippen molar-refractivity contribution >= 4 is 0 Å². The van der Waals surface area contributed by atoms with Crippen molar-refractivity contribution in [3.63, 3.8) is 0 Å². The van der Waals surface area contributed by atoms with Crippen LogP contribution in [0.2, 0.25) is 0 Å². The van der Waals surface area contributed by atoms with Crippen molar-refractivity contribution in [1.29, 1.82) is 0 Å². The topological polar surface area (TPSA) is 0 Å². The van der Waals surface area contributed by atoms with Crippen LogP contribution in [0.25, 0.3) is 22.3 Å². The largest absolute Gasteiger partial charge is 0.203 e. The highest BCUT2D eigenvalue weighted by molar-refractivity contribution is 5.71. The summed E-state index contributed by atoms with van der Waals surface area (Å²) in [6.45, 7) is 4.24. The molecule has 0 aliphatic heterocycles. The highest BCUT2D eigenvalue weighted by Crippen LogP contribution is 2.40. The van der Waals surface area contributed by atoms with E-state index in [2.05, 4.69) is 6.92 Å². The molecular weight excluding hydrogens is 496 g/mol. The molecule has 39 heavy (non-hydrogen) atoms. The van der Waals surface area contributed by atoms with Crippen LogP contribution >= 0.6 is 0 Å². The van der Waals surface area contributed by atoms with Gasteiger partial charge in [0.15, 0.2) is 23.3 Å². The van der Waals surface area contributed by atoms with Gasteiger partial charge in [0.1, 0.15) is 0 Å². The minimum atomic E-state index is -0.871. The number of halogens is 4. The molecule has 0 unspecified atom stereocenters. The first kappa shape index (κ1) is 29.4. The van der Waals surface area contributed by atoms with Crippen LogP contribution in [0.4, 0.5) is 17.6 Å². The Morgan fingerprint density at radius 1 is 0.564 bits per heavy atom. The van der Waals surface area contributed by atoms with Gasteiger partial charge in [-0.25, -0.2) is 17.6 Å². The molecule has 0 atom stereocenters. The number of rotatable bonds is 12. The summed E-state index contributed by atoms with van der Waals surface area (Å²) >= 11 is 0. The standard InChI is InChI=1S/C35H42F4/c1-3-5-7-8-9-10-24-12-14-25(15-13-24)30-22-23-31(35(39)34(30)38)27-18-16-26(17-19-27)29-21-20-28(11-6-4-2)32(36)33(29)37/h16-25H,3-15H2,1-2H3. The van der Waals surface area contributed by atoms with Crippen molar-refractivity contribution in [3.8, 4) is 22.3 Å².